The predicted molar refractivity (Wildman–Crippen MR) is 92.8 cm³/mol. The number of hydrogen-bond donors (Lipinski definition) is 1. The van der Waals surface area contributed by atoms with Crippen molar-refractivity contribution in [2.45, 2.75) is 25.4 Å². The summed E-state index contributed by atoms with van der Waals surface area (Å²) in [5.74, 6) is 1.48. The third-order valence-electron chi connectivity index (χ3n) is 4.24. The maximum atomic E-state index is 12.8. The van der Waals surface area contributed by atoms with Crippen molar-refractivity contribution in [1.82, 2.24) is 9.88 Å². The third-order valence-corrected chi connectivity index (χ3v) is 5.11. The molecule has 0 aliphatic carbocycles. The van der Waals surface area contributed by atoms with Crippen LogP contribution in [0.1, 0.15) is 39.9 Å². The monoisotopic (exact) mass is 367 g/mol. The number of carbonyl (C=O) groups excluding carboxylic acids is 1. The summed E-state index contributed by atoms with van der Waals surface area (Å²) in [4.78, 5) is 19.0. The van der Waals surface area contributed by atoms with Crippen LogP contribution in [0.15, 0.2) is 23.6 Å². The van der Waals surface area contributed by atoms with Crippen LogP contribution in [0.4, 0.5) is 0 Å². The highest BCUT2D eigenvalue weighted by molar-refractivity contribution is 7.09. The quantitative estimate of drug-likeness (QED) is 0.902. The maximum absolute atomic E-state index is 12.8. The molecule has 1 saturated heterocycles. The second-order valence-electron chi connectivity index (χ2n) is 5.60. The Hall–Kier alpha value is -1.83. The van der Waals surface area contributed by atoms with Gasteiger partial charge in [-0.15, -0.1) is 23.7 Å². The lowest BCUT2D eigenvalue weighted by Crippen LogP contribution is -2.30. The number of aromatic nitrogens is 1. The highest BCUT2D eigenvalue weighted by Crippen LogP contribution is 2.39. The standard InChI is InChI=1S/C16H17N3O3S.ClH/c17-7-15-18-11(8-23-15)16(20)19-5-1-2-12(19)10-3-4-13-14(6-10)22-9-21-13;/h3-4,6,8,12H,1-2,5,7,9,17H2;1H. The molecule has 3 heterocycles. The molecule has 4 rings (SSSR count). The van der Waals surface area contributed by atoms with Crippen molar-refractivity contribution in [3.63, 3.8) is 0 Å². The molecule has 6 nitrogen and oxygen atoms in total. The Morgan fingerprint density at radius 3 is 3.00 bits per heavy atom. The topological polar surface area (TPSA) is 77.7 Å². The van der Waals surface area contributed by atoms with Crippen molar-refractivity contribution < 1.29 is 14.3 Å². The highest BCUT2D eigenvalue weighted by atomic mass is 35.5. The molecule has 0 radical (unpaired) electrons. The number of rotatable bonds is 3. The Labute approximate surface area is 150 Å². The number of ether oxygens (including phenoxy) is 2. The SMILES string of the molecule is Cl.NCc1nc(C(=O)N2CCCC2c2ccc3c(c2)OCO3)cs1. The van der Waals surface area contributed by atoms with E-state index in [1.165, 1.54) is 11.3 Å². The molecular weight excluding hydrogens is 350 g/mol. The maximum Gasteiger partial charge on any atom is 0.273 e. The average molecular weight is 368 g/mol. The van der Waals surface area contributed by atoms with Gasteiger partial charge >= 0.3 is 0 Å². The third kappa shape index (κ3) is 2.94. The van der Waals surface area contributed by atoms with Crippen LogP contribution in [-0.2, 0) is 6.54 Å². The van der Waals surface area contributed by atoms with E-state index in [1.54, 1.807) is 5.38 Å². The number of halogens is 1. The van der Waals surface area contributed by atoms with Gasteiger partial charge in [0, 0.05) is 18.5 Å². The van der Waals surface area contributed by atoms with Gasteiger partial charge in [0.05, 0.1) is 6.04 Å². The second kappa shape index (κ2) is 6.96. The molecule has 2 aromatic rings. The molecule has 2 aliphatic rings. The summed E-state index contributed by atoms with van der Waals surface area (Å²) in [5.41, 5.74) is 7.15. The van der Waals surface area contributed by atoms with E-state index in [2.05, 4.69) is 4.98 Å². The number of nitrogens with two attached hydrogens (primary N) is 1. The molecule has 1 atom stereocenters. The molecule has 0 saturated carbocycles. The van der Waals surface area contributed by atoms with E-state index in [4.69, 9.17) is 15.2 Å². The first-order valence-corrected chi connectivity index (χ1v) is 8.49. The van der Waals surface area contributed by atoms with Crippen molar-refractivity contribution in [3.05, 3.63) is 39.8 Å². The number of amides is 1. The fraction of sp³-hybridized carbons (Fsp3) is 0.375. The fourth-order valence-corrected chi connectivity index (χ4v) is 3.78. The lowest BCUT2D eigenvalue weighted by Gasteiger charge is -2.24. The van der Waals surface area contributed by atoms with Crippen LogP contribution in [-0.4, -0.2) is 29.1 Å². The number of benzene rings is 1. The summed E-state index contributed by atoms with van der Waals surface area (Å²) >= 11 is 1.43. The molecule has 2 N–H and O–H groups in total. The van der Waals surface area contributed by atoms with Gasteiger partial charge in [-0.3, -0.25) is 4.79 Å². The zero-order valence-corrected chi connectivity index (χ0v) is 14.6. The van der Waals surface area contributed by atoms with E-state index >= 15 is 0 Å². The smallest absolute Gasteiger partial charge is 0.273 e. The minimum absolute atomic E-state index is 0. The number of thiazole rings is 1. The normalized spacial score (nSPS) is 18.5. The van der Waals surface area contributed by atoms with Crippen LogP contribution in [0.25, 0.3) is 0 Å². The first-order chi connectivity index (χ1) is 11.3. The van der Waals surface area contributed by atoms with Crippen molar-refractivity contribution in [1.29, 1.82) is 0 Å². The van der Waals surface area contributed by atoms with E-state index < -0.39 is 0 Å². The molecule has 8 heteroatoms. The van der Waals surface area contributed by atoms with Gasteiger partial charge in [0.15, 0.2) is 11.5 Å². The fourth-order valence-electron chi connectivity index (χ4n) is 3.13. The first kappa shape index (κ1) is 17.0. The van der Waals surface area contributed by atoms with E-state index in [-0.39, 0.29) is 31.1 Å². The zero-order chi connectivity index (χ0) is 15.8. The Morgan fingerprint density at radius 1 is 1.38 bits per heavy atom. The number of hydrogen-bond acceptors (Lipinski definition) is 6. The summed E-state index contributed by atoms with van der Waals surface area (Å²) in [7, 11) is 0. The summed E-state index contributed by atoms with van der Waals surface area (Å²) in [6.45, 7) is 1.36. The Balaban J connectivity index is 0.00000169. The molecule has 24 heavy (non-hydrogen) atoms. The van der Waals surface area contributed by atoms with Gasteiger partial charge in [0.2, 0.25) is 6.79 Å². The average Bonchev–Trinajstić information content (AvgIpc) is 3.32. The van der Waals surface area contributed by atoms with Crippen LogP contribution in [0.3, 0.4) is 0 Å². The van der Waals surface area contributed by atoms with Crippen LogP contribution in [0, 0.1) is 0 Å². The number of carbonyl (C=O) groups is 1. The predicted octanol–water partition coefficient (Wildman–Crippen LogP) is 2.73. The summed E-state index contributed by atoms with van der Waals surface area (Å²) in [5, 5.41) is 2.58. The summed E-state index contributed by atoms with van der Waals surface area (Å²) in [6, 6.07) is 5.95. The summed E-state index contributed by atoms with van der Waals surface area (Å²) < 4.78 is 10.8. The number of fused-ring (bicyclic) bond motifs is 1. The molecule has 1 fully saturated rings. The lowest BCUT2D eigenvalue weighted by molar-refractivity contribution is 0.0730. The number of nitrogens with zero attached hydrogens (tertiary/aromatic N) is 2. The van der Waals surface area contributed by atoms with Gasteiger partial charge in [0.1, 0.15) is 10.7 Å². The van der Waals surface area contributed by atoms with Crippen LogP contribution >= 0.6 is 23.7 Å². The van der Waals surface area contributed by atoms with E-state index in [0.717, 1.165) is 41.5 Å². The van der Waals surface area contributed by atoms with E-state index in [1.807, 2.05) is 23.1 Å². The molecule has 0 bridgehead atoms. The molecule has 128 valence electrons. The minimum Gasteiger partial charge on any atom is -0.454 e. The minimum atomic E-state index is -0.0267. The Kier molecular flexibility index (Phi) is 4.93. The largest absolute Gasteiger partial charge is 0.454 e. The molecule has 1 amide bonds. The molecule has 1 unspecified atom stereocenters. The highest BCUT2D eigenvalue weighted by Gasteiger charge is 2.32. The lowest BCUT2D eigenvalue weighted by atomic mass is 10.0. The van der Waals surface area contributed by atoms with Crippen molar-refractivity contribution in [2.75, 3.05) is 13.3 Å². The molecular formula is C16H18ClN3O3S. The number of likely N-dealkylation sites (tertiary alicyclic amines) is 1. The molecule has 1 aromatic carbocycles. The molecule has 0 spiro atoms. The zero-order valence-electron chi connectivity index (χ0n) is 12.9. The van der Waals surface area contributed by atoms with Crippen molar-refractivity contribution in [2.24, 2.45) is 5.73 Å². The first-order valence-electron chi connectivity index (χ1n) is 7.61. The van der Waals surface area contributed by atoms with Gasteiger partial charge in [-0.1, -0.05) is 6.07 Å². The van der Waals surface area contributed by atoms with Crippen LogP contribution < -0.4 is 15.2 Å². The van der Waals surface area contributed by atoms with Gasteiger partial charge in [0.25, 0.3) is 5.91 Å². The van der Waals surface area contributed by atoms with E-state index in [9.17, 15) is 4.79 Å². The molecule has 1 aromatic heterocycles. The Bertz CT molecular complexity index is 752. The second-order valence-corrected chi connectivity index (χ2v) is 6.54. The van der Waals surface area contributed by atoms with Crippen molar-refractivity contribution >= 4 is 29.7 Å². The van der Waals surface area contributed by atoms with E-state index in [0.29, 0.717) is 12.2 Å². The van der Waals surface area contributed by atoms with Gasteiger partial charge in [-0.2, -0.15) is 0 Å². The summed E-state index contributed by atoms with van der Waals surface area (Å²) in [6.07, 6.45) is 1.93. The van der Waals surface area contributed by atoms with Crippen LogP contribution in [0.5, 0.6) is 11.5 Å². The van der Waals surface area contributed by atoms with Crippen LogP contribution in [0.2, 0.25) is 0 Å². The van der Waals surface area contributed by atoms with Gasteiger partial charge in [-0.25, -0.2) is 4.98 Å². The van der Waals surface area contributed by atoms with Gasteiger partial charge in [-0.05, 0) is 30.5 Å². The molecule has 2 aliphatic heterocycles. The van der Waals surface area contributed by atoms with Gasteiger partial charge < -0.3 is 20.1 Å². The Morgan fingerprint density at radius 2 is 2.21 bits per heavy atom. The van der Waals surface area contributed by atoms with Crippen molar-refractivity contribution in [3.8, 4) is 11.5 Å².